The maximum atomic E-state index is 12.9. The fraction of sp³-hybridized carbons (Fsp3) is 0.545. The topological polar surface area (TPSA) is 12.4 Å². The fourth-order valence-corrected chi connectivity index (χ4v) is 0.968. The zero-order chi connectivity index (χ0) is 11.0. The molecule has 0 aromatic heterocycles. The van der Waals surface area contributed by atoms with Crippen LogP contribution < -0.4 is 0 Å². The normalized spacial score (nSPS) is 14.4. The first-order valence-electron chi connectivity index (χ1n) is 4.64. The molecule has 0 amide bonds. The molecule has 0 aliphatic carbocycles. The summed E-state index contributed by atoms with van der Waals surface area (Å²) in [6.45, 7) is 3.17. The molecule has 1 nitrogen and oxygen atoms in total. The van der Waals surface area contributed by atoms with E-state index < -0.39 is 12.5 Å². The molecule has 0 atom stereocenters. The van der Waals surface area contributed by atoms with Gasteiger partial charge in [0.15, 0.2) is 0 Å². The van der Waals surface area contributed by atoms with Crippen LogP contribution >= 0.6 is 0 Å². The Balaban J connectivity index is 4.55. The van der Waals surface area contributed by atoms with E-state index in [2.05, 4.69) is 4.99 Å². The molecule has 0 aliphatic heterocycles. The molecule has 0 aromatic rings. The molecular weight excluding hydrogens is 184 g/mol. The van der Waals surface area contributed by atoms with Gasteiger partial charge in [0.25, 0.3) is 0 Å². The van der Waals surface area contributed by atoms with E-state index in [0.717, 1.165) is 11.6 Å². The molecule has 0 saturated heterocycles. The van der Waals surface area contributed by atoms with E-state index in [1.807, 2.05) is 13.8 Å². The standard InChI is InChI=1S/C11H17F2N/c1-9(2)10(5-7-14-3)8-11(13)4-6-12/h4,7-9H,5-6H2,1-3H3. The average molecular weight is 201 g/mol. The molecule has 0 radical (unpaired) electrons. The van der Waals surface area contributed by atoms with Crippen LogP contribution in [-0.2, 0) is 0 Å². The number of alkyl halides is 1. The van der Waals surface area contributed by atoms with Gasteiger partial charge in [-0.15, -0.1) is 0 Å². The van der Waals surface area contributed by atoms with Gasteiger partial charge in [0.2, 0.25) is 0 Å². The number of aliphatic imine (C=N–C) groups is 1. The first-order chi connectivity index (χ1) is 6.61. The summed E-state index contributed by atoms with van der Waals surface area (Å²) in [4.78, 5) is 3.83. The van der Waals surface area contributed by atoms with Gasteiger partial charge >= 0.3 is 0 Å². The van der Waals surface area contributed by atoms with Crippen molar-refractivity contribution in [2.45, 2.75) is 20.3 Å². The molecule has 0 unspecified atom stereocenters. The number of halogens is 2. The third-order valence-electron chi connectivity index (χ3n) is 1.85. The maximum absolute atomic E-state index is 12.9. The molecule has 14 heavy (non-hydrogen) atoms. The minimum atomic E-state index is -0.768. The molecule has 0 rings (SSSR count). The number of hydrogen-bond donors (Lipinski definition) is 0. The second kappa shape index (κ2) is 7.42. The average Bonchev–Trinajstić information content (AvgIpc) is 2.12. The molecule has 0 aromatic carbocycles. The fourth-order valence-electron chi connectivity index (χ4n) is 0.968. The van der Waals surface area contributed by atoms with E-state index in [4.69, 9.17) is 0 Å². The van der Waals surface area contributed by atoms with Crippen molar-refractivity contribution in [1.29, 1.82) is 0 Å². The van der Waals surface area contributed by atoms with Crippen molar-refractivity contribution in [2.75, 3.05) is 13.7 Å². The van der Waals surface area contributed by atoms with E-state index in [-0.39, 0.29) is 5.92 Å². The van der Waals surface area contributed by atoms with Crippen LogP contribution in [0.5, 0.6) is 0 Å². The number of allylic oxidation sites excluding steroid dienone is 4. The van der Waals surface area contributed by atoms with Gasteiger partial charge in [-0.25, -0.2) is 8.78 Å². The molecule has 0 aliphatic rings. The van der Waals surface area contributed by atoms with Crippen LogP contribution in [0.15, 0.2) is 28.5 Å². The van der Waals surface area contributed by atoms with Crippen LogP contribution in [0.25, 0.3) is 0 Å². The predicted molar refractivity (Wildman–Crippen MR) is 57.1 cm³/mol. The number of hydrogen-bond acceptors (Lipinski definition) is 1. The predicted octanol–water partition coefficient (Wildman–Crippen LogP) is 3.48. The van der Waals surface area contributed by atoms with E-state index in [1.165, 1.54) is 6.08 Å². The number of nitrogens with zero attached hydrogens (tertiary/aromatic N) is 1. The Bertz CT molecular complexity index is 240. The lowest BCUT2D eigenvalue weighted by Crippen LogP contribution is -1.95. The maximum Gasteiger partial charge on any atom is 0.121 e. The van der Waals surface area contributed by atoms with Crippen molar-refractivity contribution in [3.8, 4) is 0 Å². The Kier molecular flexibility index (Phi) is 6.89. The lowest BCUT2D eigenvalue weighted by molar-refractivity contribution is 0.547. The first kappa shape index (κ1) is 13.0. The van der Waals surface area contributed by atoms with Crippen molar-refractivity contribution >= 4 is 6.21 Å². The zero-order valence-electron chi connectivity index (χ0n) is 8.93. The molecule has 0 fully saturated rings. The number of rotatable bonds is 5. The Morgan fingerprint density at radius 1 is 1.43 bits per heavy atom. The van der Waals surface area contributed by atoms with Gasteiger partial charge in [0.05, 0.1) is 0 Å². The van der Waals surface area contributed by atoms with E-state index in [0.29, 0.717) is 6.42 Å². The van der Waals surface area contributed by atoms with Crippen LogP contribution in [-0.4, -0.2) is 19.9 Å². The Hall–Kier alpha value is -0.990. The third kappa shape index (κ3) is 5.62. The Morgan fingerprint density at radius 3 is 2.50 bits per heavy atom. The largest absolute Gasteiger partial charge is 0.301 e. The molecule has 3 heteroatoms. The quantitative estimate of drug-likeness (QED) is 0.477. The van der Waals surface area contributed by atoms with Crippen molar-refractivity contribution in [2.24, 2.45) is 10.9 Å². The smallest absolute Gasteiger partial charge is 0.121 e. The Morgan fingerprint density at radius 2 is 2.07 bits per heavy atom. The van der Waals surface area contributed by atoms with E-state index in [1.54, 1.807) is 13.3 Å². The minimum absolute atomic E-state index is 0.242. The summed E-state index contributed by atoms with van der Waals surface area (Å²) < 4.78 is 24.7. The van der Waals surface area contributed by atoms with Crippen molar-refractivity contribution in [1.82, 2.24) is 0 Å². The van der Waals surface area contributed by atoms with Gasteiger partial charge < -0.3 is 4.99 Å². The molecule has 0 saturated carbocycles. The summed E-state index contributed by atoms with van der Waals surface area (Å²) >= 11 is 0. The highest BCUT2D eigenvalue weighted by Gasteiger charge is 2.02. The van der Waals surface area contributed by atoms with Crippen LogP contribution in [0.1, 0.15) is 20.3 Å². The molecule has 80 valence electrons. The highest BCUT2D eigenvalue weighted by atomic mass is 19.1. The minimum Gasteiger partial charge on any atom is -0.301 e. The summed E-state index contributed by atoms with van der Waals surface area (Å²) in [6, 6.07) is 0. The summed E-state index contributed by atoms with van der Waals surface area (Å²) in [5.41, 5.74) is 0.915. The van der Waals surface area contributed by atoms with Gasteiger partial charge in [-0.1, -0.05) is 19.4 Å². The van der Waals surface area contributed by atoms with Crippen LogP contribution in [0, 0.1) is 5.92 Å². The third-order valence-corrected chi connectivity index (χ3v) is 1.85. The lowest BCUT2D eigenvalue weighted by atomic mass is 10.00. The van der Waals surface area contributed by atoms with Gasteiger partial charge in [-0.05, 0) is 18.1 Å². The first-order valence-corrected chi connectivity index (χ1v) is 4.64. The van der Waals surface area contributed by atoms with Crippen molar-refractivity contribution < 1.29 is 8.78 Å². The van der Waals surface area contributed by atoms with Gasteiger partial charge in [0.1, 0.15) is 12.5 Å². The second-order valence-corrected chi connectivity index (χ2v) is 3.26. The summed E-state index contributed by atoms with van der Waals surface area (Å²) in [7, 11) is 1.67. The van der Waals surface area contributed by atoms with Gasteiger partial charge in [-0.2, -0.15) is 0 Å². The van der Waals surface area contributed by atoms with Gasteiger partial charge in [-0.3, -0.25) is 0 Å². The molecule has 0 spiro atoms. The Labute approximate surface area is 84.2 Å². The monoisotopic (exact) mass is 201 g/mol. The zero-order valence-corrected chi connectivity index (χ0v) is 8.93. The highest BCUT2D eigenvalue weighted by Crippen LogP contribution is 2.16. The molecule has 0 N–H and O–H groups in total. The van der Waals surface area contributed by atoms with Crippen LogP contribution in [0.3, 0.4) is 0 Å². The summed E-state index contributed by atoms with van der Waals surface area (Å²) in [6.07, 6.45) is 4.63. The summed E-state index contributed by atoms with van der Waals surface area (Å²) in [5.74, 6) is -0.271. The van der Waals surface area contributed by atoms with Crippen molar-refractivity contribution in [3.05, 3.63) is 23.6 Å². The van der Waals surface area contributed by atoms with E-state index >= 15 is 0 Å². The van der Waals surface area contributed by atoms with Crippen LogP contribution in [0.4, 0.5) is 8.78 Å². The van der Waals surface area contributed by atoms with E-state index in [9.17, 15) is 8.78 Å². The molecule has 0 heterocycles. The summed E-state index contributed by atoms with van der Waals surface area (Å²) in [5, 5.41) is 0. The highest BCUT2D eigenvalue weighted by molar-refractivity contribution is 5.61. The molecule has 0 bridgehead atoms. The van der Waals surface area contributed by atoms with Crippen LogP contribution in [0.2, 0.25) is 0 Å². The molecular formula is C11H17F2N. The SMILES string of the molecule is CN=CCC(=CC(F)=CCF)C(C)C. The van der Waals surface area contributed by atoms with Crippen molar-refractivity contribution in [3.63, 3.8) is 0 Å². The second-order valence-electron chi connectivity index (χ2n) is 3.26. The lowest BCUT2D eigenvalue weighted by Gasteiger charge is -2.07. The van der Waals surface area contributed by atoms with Gasteiger partial charge in [0, 0.05) is 19.7 Å².